The number of rotatable bonds is 2. The van der Waals surface area contributed by atoms with Crippen LogP contribution in [0.25, 0.3) is 0 Å². The average molecular weight is 254 g/mol. The van der Waals surface area contributed by atoms with Crippen molar-refractivity contribution in [2.45, 2.75) is 45.2 Å². The van der Waals surface area contributed by atoms with Gasteiger partial charge in [-0.15, -0.1) is 0 Å². The van der Waals surface area contributed by atoms with E-state index in [4.69, 9.17) is 11.6 Å². The largest absolute Gasteiger partial charge is 0.332 e. The molecular weight excluding hydrogens is 238 g/mol. The fourth-order valence-electron chi connectivity index (χ4n) is 2.39. The summed E-state index contributed by atoms with van der Waals surface area (Å²) < 4.78 is 0. The molecule has 1 aromatic heterocycles. The smallest absolute Gasteiger partial charge is 0.274 e. The Morgan fingerprint density at radius 1 is 1.47 bits per heavy atom. The Balaban J connectivity index is 2.21. The Morgan fingerprint density at radius 3 is 2.82 bits per heavy atom. The Bertz CT molecular complexity index is 407. The third-order valence-electron chi connectivity index (χ3n) is 3.33. The van der Waals surface area contributed by atoms with Crippen LogP contribution in [-0.4, -0.2) is 32.9 Å². The summed E-state index contributed by atoms with van der Waals surface area (Å²) in [5.74, 6) is -0.0361. The second kappa shape index (κ2) is 5.00. The zero-order chi connectivity index (χ0) is 12.4. The number of likely N-dealkylation sites (tertiary alicyclic amines) is 1. The van der Waals surface area contributed by atoms with Crippen LogP contribution in [0.1, 0.15) is 43.6 Å². The van der Waals surface area contributed by atoms with Gasteiger partial charge in [-0.1, -0.05) is 18.5 Å². The molecule has 2 heterocycles. The lowest BCUT2D eigenvalue weighted by Gasteiger charge is -2.27. The van der Waals surface area contributed by atoms with Crippen molar-refractivity contribution in [1.82, 2.24) is 14.9 Å². The van der Waals surface area contributed by atoms with Crippen LogP contribution in [0.3, 0.4) is 0 Å². The lowest BCUT2D eigenvalue weighted by atomic mass is 10.1. The Labute approximate surface area is 106 Å². The molecule has 0 bridgehead atoms. The molecule has 0 aliphatic carbocycles. The van der Waals surface area contributed by atoms with Crippen LogP contribution in [-0.2, 0) is 0 Å². The molecule has 1 fully saturated rings. The number of carbonyl (C=O) groups is 1. The van der Waals surface area contributed by atoms with E-state index in [0.717, 1.165) is 19.3 Å². The van der Waals surface area contributed by atoms with Gasteiger partial charge in [0.05, 0.1) is 12.4 Å². The minimum Gasteiger partial charge on any atom is -0.332 e. The third kappa shape index (κ3) is 2.41. The van der Waals surface area contributed by atoms with E-state index in [1.165, 1.54) is 12.4 Å². The standard InChI is InChI=1S/C12H16ClN3O/c1-3-9-5-4-8(2)16(9)12(17)10-6-15-11(13)7-14-10/h6-9H,3-5H2,1-2H3. The van der Waals surface area contributed by atoms with Gasteiger partial charge in [0, 0.05) is 12.1 Å². The fourth-order valence-corrected chi connectivity index (χ4v) is 2.49. The molecule has 92 valence electrons. The molecule has 1 amide bonds. The van der Waals surface area contributed by atoms with Gasteiger partial charge in [-0.3, -0.25) is 4.79 Å². The monoisotopic (exact) mass is 253 g/mol. The number of hydrogen-bond donors (Lipinski definition) is 0. The van der Waals surface area contributed by atoms with E-state index >= 15 is 0 Å². The van der Waals surface area contributed by atoms with E-state index in [2.05, 4.69) is 23.8 Å². The molecule has 0 aromatic carbocycles. The van der Waals surface area contributed by atoms with Crippen LogP contribution in [0.4, 0.5) is 0 Å². The maximum Gasteiger partial charge on any atom is 0.274 e. The van der Waals surface area contributed by atoms with E-state index < -0.39 is 0 Å². The predicted molar refractivity (Wildman–Crippen MR) is 66.0 cm³/mol. The van der Waals surface area contributed by atoms with Crippen molar-refractivity contribution in [2.24, 2.45) is 0 Å². The van der Waals surface area contributed by atoms with Gasteiger partial charge < -0.3 is 4.90 Å². The highest BCUT2D eigenvalue weighted by atomic mass is 35.5. The van der Waals surface area contributed by atoms with Gasteiger partial charge in [0.25, 0.3) is 5.91 Å². The van der Waals surface area contributed by atoms with E-state index in [9.17, 15) is 4.79 Å². The Morgan fingerprint density at radius 2 is 2.24 bits per heavy atom. The zero-order valence-electron chi connectivity index (χ0n) is 10.1. The summed E-state index contributed by atoms with van der Waals surface area (Å²) >= 11 is 5.66. The van der Waals surface area contributed by atoms with Crippen LogP contribution in [0.15, 0.2) is 12.4 Å². The molecule has 1 aliphatic heterocycles. The molecule has 2 unspecified atom stereocenters. The molecule has 2 rings (SSSR count). The van der Waals surface area contributed by atoms with Gasteiger partial charge >= 0.3 is 0 Å². The summed E-state index contributed by atoms with van der Waals surface area (Å²) in [7, 11) is 0. The van der Waals surface area contributed by atoms with E-state index in [1.807, 2.05) is 4.90 Å². The number of aromatic nitrogens is 2. The highest BCUT2D eigenvalue weighted by Gasteiger charge is 2.34. The molecule has 0 radical (unpaired) electrons. The SMILES string of the molecule is CCC1CCC(C)N1C(=O)c1cnc(Cl)cn1. The van der Waals surface area contributed by atoms with Gasteiger partial charge in [0.15, 0.2) is 0 Å². The number of amides is 1. The van der Waals surface area contributed by atoms with Gasteiger partial charge in [-0.05, 0) is 26.2 Å². The summed E-state index contributed by atoms with van der Waals surface area (Å²) in [6, 6.07) is 0.611. The second-order valence-corrected chi connectivity index (χ2v) is 4.81. The van der Waals surface area contributed by atoms with Gasteiger partial charge in [0.2, 0.25) is 0 Å². The zero-order valence-corrected chi connectivity index (χ0v) is 10.8. The first-order chi connectivity index (χ1) is 8.13. The maximum absolute atomic E-state index is 12.3. The first-order valence-corrected chi connectivity index (χ1v) is 6.31. The van der Waals surface area contributed by atoms with Crippen molar-refractivity contribution in [3.63, 3.8) is 0 Å². The molecule has 2 atom stereocenters. The van der Waals surface area contributed by atoms with E-state index in [-0.39, 0.29) is 11.9 Å². The first-order valence-electron chi connectivity index (χ1n) is 5.93. The van der Waals surface area contributed by atoms with Crippen molar-refractivity contribution < 1.29 is 4.79 Å². The summed E-state index contributed by atoms with van der Waals surface area (Å²) in [5, 5.41) is 0.308. The predicted octanol–water partition coefficient (Wildman–Crippen LogP) is 2.53. The highest BCUT2D eigenvalue weighted by Crippen LogP contribution is 2.27. The van der Waals surface area contributed by atoms with Crippen LogP contribution in [0.5, 0.6) is 0 Å². The maximum atomic E-state index is 12.3. The Hall–Kier alpha value is -1.16. The van der Waals surface area contributed by atoms with E-state index in [0.29, 0.717) is 16.9 Å². The average Bonchev–Trinajstić information content (AvgIpc) is 2.70. The van der Waals surface area contributed by atoms with Gasteiger partial charge in [-0.25, -0.2) is 9.97 Å². The van der Waals surface area contributed by atoms with Crippen molar-refractivity contribution in [2.75, 3.05) is 0 Å². The molecule has 5 heteroatoms. The molecule has 0 saturated carbocycles. The number of halogens is 1. The minimum absolute atomic E-state index is 0.0361. The molecule has 0 N–H and O–H groups in total. The quantitative estimate of drug-likeness (QED) is 0.814. The van der Waals surface area contributed by atoms with Crippen LogP contribution in [0, 0.1) is 0 Å². The van der Waals surface area contributed by atoms with Crippen molar-refractivity contribution >= 4 is 17.5 Å². The molecule has 1 aromatic rings. The van der Waals surface area contributed by atoms with Crippen LogP contribution in [0.2, 0.25) is 5.15 Å². The topological polar surface area (TPSA) is 46.1 Å². The molecular formula is C12H16ClN3O. The second-order valence-electron chi connectivity index (χ2n) is 4.43. The van der Waals surface area contributed by atoms with Crippen LogP contribution < -0.4 is 0 Å². The van der Waals surface area contributed by atoms with Crippen molar-refractivity contribution in [1.29, 1.82) is 0 Å². The van der Waals surface area contributed by atoms with Crippen molar-refractivity contribution in [3.8, 4) is 0 Å². The summed E-state index contributed by atoms with van der Waals surface area (Å²) in [6.07, 6.45) is 5.98. The molecule has 0 spiro atoms. The number of hydrogen-bond acceptors (Lipinski definition) is 3. The minimum atomic E-state index is -0.0361. The Kier molecular flexibility index (Phi) is 3.62. The summed E-state index contributed by atoms with van der Waals surface area (Å²) in [5.41, 5.74) is 0.376. The summed E-state index contributed by atoms with van der Waals surface area (Å²) in [4.78, 5) is 22.2. The molecule has 17 heavy (non-hydrogen) atoms. The van der Waals surface area contributed by atoms with Crippen molar-refractivity contribution in [3.05, 3.63) is 23.2 Å². The number of nitrogens with zero attached hydrogens (tertiary/aromatic N) is 3. The molecule has 1 saturated heterocycles. The molecule has 4 nitrogen and oxygen atoms in total. The van der Waals surface area contributed by atoms with E-state index in [1.54, 1.807) is 0 Å². The lowest BCUT2D eigenvalue weighted by molar-refractivity contribution is 0.0670. The molecule has 1 aliphatic rings. The highest BCUT2D eigenvalue weighted by molar-refractivity contribution is 6.29. The normalized spacial score (nSPS) is 24.1. The number of carbonyl (C=O) groups excluding carboxylic acids is 1. The third-order valence-corrected chi connectivity index (χ3v) is 3.53. The first kappa shape index (κ1) is 12.3. The lowest BCUT2D eigenvalue weighted by Crippen LogP contribution is -2.40. The fraction of sp³-hybridized carbons (Fsp3) is 0.583. The summed E-state index contributed by atoms with van der Waals surface area (Å²) in [6.45, 7) is 4.19. The van der Waals surface area contributed by atoms with Crippen LogP contribution >= 0.6 is 11.6 Å². The van der Waals surface area contributed by atoms with Gasteiger partial charge in [-0.2, -0.15) is 0 Å². The van der Waals surface area contributed by atoms with Gasteiger partial charge in [0.1, 0.15) is 10.8 Å².